The summed E-state index contributed by atoms with van der Waals surface area (Å²) in [5.74, 6) is 0.765. The molecule has 0 heterocycles. The van der Waals surface area contributed by atoms with Gasteiger partial charge >= 0.3 is 0 Å². The zero-order valence-electron chi connectivity index (χ0n) is 13.8. The number of benzene rings is 2. The molecule has 0 radical (unpaired) electrons. The maximum atomic E-state index is 12.3. The van der Waals surface area contributed by atoms with E-state index in [0.29, 0.717) is 18.7 Å². The Kier molecular flexibility index (Phi) is 5.77. The second-order valence-corrected chi connectivity index (χ2v) is 5.28. The predicted octanol–water partition coefficient (Wildman–Crippen LogP) is 3.26. The van der Waals surface area contributed by atoms with Gasteiger partial charge in [0.15, 0.2) is 0 Å². The molecule has 4 nitrogen and oxygen atoms in total. The van der Waals surface area contributed by atoms with E-state index in [2.05, 4.69) is 0 Å². The molecule has 0 aliphatic carbocycles. The van der Waals surface area contributed by atoms with Gasteiger partial charge in [0, 0.05) is 18.7 Å². The summed E-state index contributed by atoms with van der Waals surface area (Å²) in [6.07, 6.45) is -0.724. The van der Waals surface area contributed by atoms with Gasteiger partial charge in [-0.2, -0.15) is 0 Å². The zero-order chi connectivity index (χ0) is 16.8. The van der Waals surface area contributed by atoms with Gasteiger partial charge in [-0.3, -0.25) is 4.79 Å². The molecule has 0 aliphatic heterocycles. The highest BCUT2D eigenvalue weighted by Gasteiger charge is 2.14. The van der Waals surface area contributed by atoms with Crippen LogP contribution >= 0.6 is 0 Å². The van der Waals surface area contributed by atoms with Gasteiger partial charge in [-0.1, -0.05) is 24.3 Å². The molecule has 2 aromatic carbocycles. The SMILES string of the molecule is CCN(CC)C(=O)c1ccc([C@@H](O)c2ccc(OC)cc2)cc1. The van der Waals surface area contributed by atoms with E-state index in [1.54, 1.807) is 36.3 Å². The summed E-state index contributed by atoms with van der Waals surface area (Å²) in [5, 5.41) is 10.5. The second-order valence-electron chi connectivity index (χ2n) is 5.28. The van der Waals surface area contributed by atoms with Crippen molar-refractivity contribution in [2.75, 3.05) is 20.2 Å². The van der Waals surface area contributed by atoms with Crippen molar-refractivity contribution in [3.05, 3.63) is 65.2 Å². The number of carbonyl (C=O) groups excluding carboxylic acids is 1. The van der Waals surface area contributed by atoms with Crippen molar-refractivity contribution in [3.8, 4) is 5.75 Å². The molecule has 2 aromatic rings. The minimum absolute atomic E-state index is 0.0143. The lowest BCUT2D eigenvalue weighted by Gasteiger charge is -2.19. The standard InChI is InChI=1S/C19H23NO3/c1-4-20(5-2)19(22)16-8-6-14(7-9-16)18(21)15-10-12-17(23-3)13-11-15/h6-13,18,21H,4-5H2,1-3H3/t18-/m1/s1. The average Bonchev–Trinajstić information content (AvgIpc) is 2.62. The molecular weight excluding hydrogens is 290 g/mol. The number of hydrogen-bond donors (Lipinski definition) is 1. The van der Waals surface area contributed by atoms with Crippen molar-refractivity contribution in [1.82, 2.24) is 4.90 Å². The van der Waals surface area contributed by atoms with Crippen LogP contribution in [0, 0.1) is 0 Å². The summed E-state index contributed by atoms with van der Waals surface area (Å²) in [6, 6.07) is 14.4. The van der Waals surface area contributed by atoms with E-state index in [0.717, 1.165) is 16.9 Å². The van der Waals surface area contributed by atoms with E-state index in [-0.39, 0.29) is 5.91 Å². The van der Waals surface area contributed by atoms with Crippen LogP contribution in [0.4, 0.5) is 0 Å². The number of aliphatic hydroxyl groups excluding tert-OH is 1. The van der Waals surface area contributed by atoms with E-state index in [9.17, 15) is 9.90 Å². The lowest BCUT2D eigenvalue weighted by molar-refractivity contribution is 0.0773. The van der Waals surface area contributed by atoms with Gasteiger partial charge in [-0.05, 0) is 49.2 Å². The number of amides is 1. The fourth-order valence-corrected chi connectivity index (χ4v) is 2.48. The molecule has 0 aliphatic rings. The van der Waals surface area contributed by atoms with Crippen LogP contribution in [0.15, 0.2) is 48.5 Å². The van der Waals surface area contributed by atoms with E-state index in [4.69, 9.17) is 4.74 Å². The first kappa shape index (κ1) is 17.0. The molecule has 1 N–H and O–H groups in total. The summed E-state index contributed by atoms with van der Waals surface area (Å²) in [4.78, 5) is 14.1. The third-order valence-corrected chi connectivity index (χ3v) is 3.96. The minimum atomic E-state index is -0.724. The van der Waals surface area contributed by atoms with Crippen molar-refractivity contribution >= 4 is 5.91 Å². The molecule has 1 amide bonds. The van der Waals surface area contributed by atoms with Crippen molar-refractivity contribution in [3.63, 3.8) is 0 Å². The van der Waals surface area contributed by atoms with Crippen molar-refractivity contribution in [2.24, 2.45) is 0 Å². The van der Waals surface area contributed by atoms with Gasteiger partial charge in [0.2, 0.25) is 0 Å². The maximum absolute atomic E-state index is 12.3. The summed E-state index contributed by atoms with van der Waals surface area (Å²) in [7, 11) is 1.61. The molecule has 0 saturated heterocycles. The molecule has 0 spiro atoms. The van der Waals surface area contributed by atoms with E-state index in [1.807, 2.05) is 38.1 Å². The molecule has 0 aromatic heterocycles. The minimum Gasteiger partial charge on any atom is -0.497 e. The maximum Gasteiger partial charge on any atom is 0.253 e. The number of rotatable bonds is 6. The first-order valence-electron chi connectivity index (χ1n) is 7.82. The fraction of sp³-hybridized carbons (Fsp3) is 0.316. The molecule has 0 saturated carbocycles. The molecular formula is C19H23NO3. The zero-order valence-corrected chi connectivity index (χ0v) is 13.8. The van der Waals surface area contributed by atoms with Gasteiger partial charge in [0.25, 0.3) is 5.91 Å². The predicted molar refractivity (Wildman–Crippen MR) is 90.7 cm³/mol. The lowest BCUT2D eigenvalue weighted by atomic mass is 10.00. The Bertz CT molecular complexity index is 631. The number of nitrogens with zero attached hydrogens (tertiary/aromatic N) is 1. The number of ether oxygens (including phenoxy) is 1. The normalized spacial score (nSPS) is 11.8. The van der Waals surface area contributed by atoms with Crippen LogP contribution in [0.2, 0.25) is 0 Å². The largest absolute Gasteiger partial charge is 0.497 e. The van der Waals surface area contributed by atoms with Crippen LogP contribution in [-0.4, -0.2) is 36.1 Å². The number of aliphatic hydroxyl groups is 1. The summed E-state index contributed by atoms with van der Waals surface area (Å²) in [6.45, 7) is 5.30. The van der Waals surface area contributed by atoms with Crippen LogP contribution < -0.4 is 4.74 Å². The lowest BCUT2D eigenvalue weighted by Crippen LogP contribution is -2.30. The highest BCUT2D eigenvalue weighted by molar-refractivity contribution is 5.94. The fourth-order valence-electron chi connectivity index (χ4n) is 2.48. The molecule has 2 rings (SSSR count). The summed E-state index contributed by atoms with van der Waals surface area (Å²) in [5.41, 5.74) is 2.18. The Labute approximate surface area is 137 Å². The summed E-state index contributed by atoms with van der Waals surface area (Å²) < 4.78 is 5.12. The first-order chi connectivity index (χ1) is 11.1. The highest BCUT2D eigenvalue weighted by atomic mass is 16.5. The third kappa shape index (κ3) is 3.90. The number of hydrogen-bond acceptors (Lipinski definition) is 3. The Balaban J connectivity index is 2.16. The monoisotopic (exact) mass is 313 g/mol. The Morgan fingerprint density at radius 2 is 1.48 bits per heavy atom. The highest BCUT2D eigenvalue weighted by Crippen LogP contribution is 2.24. The van der Waals surface area contributed by atoms with Crippen molar-refractivity contribution in [1.29, 1.82) is 0 Å². The van der Waals surface area contributed by atoms with Gasteiger partial charge in [0.05, 0.1) is 7.11 Å². The summed E-state index contributed by atoms with van der Waals surface area (Å²) >= 11 is 0. The van der Waals surface area contributed by atoms with Crippen LogP contribution in [0.3, 0.4) is 0 Å². The van der Waals surface area contributed by atoms with Crippen molar-refractivity contribution < 1.29 is 14.6 Å². The number of carbonyl (C=O) groups is 1. The van der Waals surface area contributed by atoms with Gasteiger partial charge < -0.3 is 14.7 Å². The Morgan fingerprint density at radius 3 is 1.91 bits per heavy atom. The van der Waals surface area contributed by atoms with Gasteiger partial charge in [0.1, 0.15) is 11.9 Å². The molecule has 0 unspecified atom stereocenters. The quantitative estimate of drug-likeness (QED) is 0.890. The average molecular weight is 313 g/mol. The Morgan fingerprint density at radius 1 is 1.00 bits per heavy atom. The smallest absolute Gasteiger partial charge is 0.253 e. The van der Waals surface area contributed by atoms with Crippen LogP contribution in [0.25, 0.3) is 0 Å². The second kappa shape index (κ2) is 7.79. The first-order valence-corrected chi connectivity index (χ1v) is 7.82. The van der Waals surface area contributed by atoms with E-state index < -0.39 is 6.10 Å². The van der Waals surface area contributed by atoms with Crippen LogP contribution in [0.1, 0.15) is 41.4 Å². The van der Waals surface area contributed by atoms with Gasteiger partial charge in [-0.15, -0.1) is 0 Å². The van der Waals surface area contributed by atoms with E-state index in [1.165, 1.54) is 0 Å². The molecule has 23 heavy (non-hydrogen) atoms. The molecule has 122 valence electrons. The number of methoxy groups -OCH3 is 1. The van der Waals surface area contributed by atoms with Crippen LogP contribution in [0.5, 0.6) is 5.75 Å². The van der Waals surface area contributed by atoms with E-state index >= 15 is 0 Å². The van der Waals surface area contributed by atoms with Gasteiger partial charge in [-0.25, -0.2) is 0 Å². The van der Waals surface area contributed by atoms with Crippen molar-refractivity contribution in [2.45, 2.75) is 20.0 Å². The van der Waals surface area contributed by atoms with Crippen LogP contribution in [-0.2, 0) is 0 Å². The molecule has 0 bridgehead atoms. The molecule has 1 atom stereocenters. The third-order valence-electron chi connectivity index (χ3n) is 3.96. The molecule has 4 heteroatoms. The molecule has 0 fully saturated rings. The topological polar surface area (TPSA) is 49.8 Å². The Hall–Kier alpha value is -2.33.